The van der Waals surface area contributed by atoms with Gasteiger partial charge in [-0.15, -0.1) is 0 Å². The van der Waals surface area contributed by atoms with Crippen LogP contribution >= 0.6 is 0 Å². The zero-order valence-electron chi connectivity index (χ0n) is 11.7. The molecule has 1 N–H and O–H groups in total. The number of fused-ring (bicyclic) bond motifs is 2. The second-order valence-corrected chi connectivity index (χ2v) is 5.28. The topological polar surface area (TPSA) is 59.1 Å². The average Bonchev–Trinajstić information content (AvgIpc) is 2.94. The zero-order valence-corrected chi connectivity index (χ0v) is 11.7. The third-order valence-electron chi connectivity index (χ3n) is 3.95. The summed E-state index contributed by atoms with van der Waals surface area (Å²) in [6.07, 6.45) is 0.844. The first-order valence-electron chi connectivity index (χ1n) is 7.03. The van der Waals surface area contributed by atoms with Crippen LogP contribution in [0.5, 0.6) is 0 Å². The average molecular weight is 288 g/mol. The van der Waals surface area contributed by atoms with Crippen molar-refractivity contribution in [1.29, 1.82) is 0 Å². The van der Waals surface area contributed by atoms with Crippen LogP contribution in [0.25, 0.3) is 22.0 Å². The molecule has 4 heteroatoms. The summed E-state index contributed by atoms with van der Waals surface area (Å²) in [5.41, 5.74) is 3.91. The molecule has 2 aromatic carbocycles. The molecule has 1 aliphatic heterocycles. The Bertz CT molecular complexity index is 932. The number of pyridine rings is 1. The summed E-state index contributed by atoms with van der Waals surface area (Å²) in [7, 11) is 0. The van der Waals surface area contributed by atoms with Crippen LogP contribution in [0.3, 0.4) is 0 Å². The Labute approximate surface area is 126 Å². The van der Waals surface area contributed by atoms with Crippen LogP contribution < -0.4 is 5.32 Å². The largest absolute Gasteiger partial charge is 0.346 e. The van der Waals surface area contributed by atoms with E-state index >= 15 is 0 Å². The molecular formula is C18H12N2O2. The van der Waals surface area contributed by atoms with Crippen molar-refractivity contribution in [3.05, 3.63) is 65.4 Å². The van der Waals surface area contributed by atoms with Gasteiger partial charge in [0.05, 0.1) is 23.5 Å². The highest BCUT2D eigenvalue weighted by Gasteiger charge is 2.20. The van der Waals surface area contributed by atoms with E-state index in [4.69, 9.17) is 0 Å². The first kappa shape index (κ1) is 12.7. The van der Waals surface area contributed by atoms with Gasteiger partial charge in [-0.2, -0.15) is 0 Å². The van der Waals surface area contributed by atoms with Crippen LogP contribution in [0.2, 0.25) is 0 Å². The fraction of sp³-hybridized carbons (Fsp3) is 0.0556. The van der Waals surface area contributed by atoms with Gasteiger partial charge in [-0.1, -0.05) is 30.3 Å². The molecule has 106 valence electrons. The van der Waals surface area contributed by atoms with E-state index in [1.807, 2.05) is 42.5 Å². The van der Waals surface area contributed by atoms with Crippen LogP contribution in [0.1, 0.15) is 26.4 Å². The number of carbonyl (C=O) groups excluding carboxylic acids is 2. The van der Waals surface area contributed by atoms with Crippen molar-refractivity contribution >= 4 is 23.0 Å². The van der Waals surface area contributed by atoms with Crippen LogP contribution in [0.4, 0.5) is 0 Å². The molecule has 0 fully saturated rings. The number of carbonyl (C=O) groups is 2. The number of nitrogens with one attached hydrogen (secondary N) is 1. The fourth-order valence-corrected chi connectivity index (χ4v) is 2.85. The highest BCUT2D eigenvalue weighted by atomic mass is 16.1. The third kappa shape index (κ3) is 1.89. The highest BCUT2D eigenvalue weighted by Crippen LogP contribution is 2.29. The molecule has 0 saturated heterocycles. The molecule has 2 heterocycles. The molecule has 0 unspecified atom stereocenters. The first-order valence-corrected chi connectivity index (χ1v) is 7.03. The van der Waals surface area contributed by atoms with Gasteiger partial charge in [0, 0.05) is 11.1 Å². The maximum absolute atomic E-state index is 11.6. The Balaban J connectivity index is 1.91. The summed E-state index contributed by atoms with van der Waals surface area (Å²) >= 11 is 0. The summed E-state index contributed by atoms with van der Waals surface area (Å²) in [6, 6.07) is 15.2. The minimum absolute atomic E-state index is 0.0670. The van der Waals surface area contributed by atoms with E-state index in [1.165, 1.54) is 0 Å². The number of aldehydes is 1. The predicted molar refractivity (Wildman–Crippen MR) is 83.7 cm³/mol. The number of nitrogens with zero attached hydrogens (tertiary/aromatic N) is 1. The van der Waals surface area contributed by atoms with Crippen molar-refractivity contribution in [2.45, 2.75) is 6.54 Å². The maximum atomic E-state index is 11.6. The Morgan fingerprint density at radius 1 is 1.05 bits per heavy atom. The van der Waals surface area contributed by atoms with Crippen molar-refractivity contribution in [1.82, 2.24) is 10.3 Å². The molecule has 0 saturated carbocycles. The summed E-state index contributed by atoms with van der Waals surface area (Å²) in [6.45, 7) is 0.474. The molecule has 0 bridgehead atoms. The quantitative estimate of drug-likeness (QED) is 0.737. The third-order valence-corrected chi connectivity index (χ3v) is 3.95. The highest BCUT2D eigenvalue weighted by molar-refractivity contribution is 6.00. The Hall–Kier alpha value is -3.01. The fourth-order valence-electron chi connectivity index (χ4n) is 2.85. The van der Waals surface area contributed by atoms with Crippen LogP contribution in [0.15, 0.2) is 48.5 Å². The van der Waals surface area contributed by atoms with Gasteiger partial charge in [-0.3, -0.25) is 14.6 Å². The van der Waals surface area contributed by atoms with E-state index in [0.29, 0.717) is 17.7 Å². The van der Waals surface area contributed by atoms with Crippen molar-refractivity contribution in [3.63, 3.8) is 0 Å². The van der Waals surface area contributed by atoms with Gasteiger partial charge in [-0.25, -0.2) is 0 Å². The number of hydrogen-bond donors (Lipinski definition) is 1. The second kappa shape index (κ2) is 4.77. The van der Waals surface area contributed by atoms with Gasteiger partial charge in [0.15, 0.2) is 0 Å². The molecular weight excluding hydrogens is 276 g/mol. The lowest BCUT2D eigenvalue weighted by Crippen LogP contribution is -2.12. The molecule has 0 spiro atoms. The van der Waals surface area contributed by atoms with E-state index in [-0.39, 0.29) is 5.91 Å². The molecule has 0 aliphatic carbocycles. The number of aromatic nitrogens is 1. The van der Waals surface area contributed by atoms with E-state index in [2.05, 4.69) is 10.3 Å². The van der Waals surface area contributed by atoms with Gasteiger partial charge >= 0.3 is 0 Å². The lowest BCUT2D eigenvalue weighted by Gasteiger charge is -2.08. The number of rotatable bonds is 2. The van der Waals surface area contributed by atoms with Crippen LogP contribution in [-0.2, 0) is 6.54 Å². The number of amides is 1. The van der Waals surface area contributed by atoms with E-state index in [0.717, 1.165) is 34.0 Å². The number of hydrogen-bond acceptors (Lipinski definition) is 3. The van der Waals surface area contributed by atoms with E-state index < -0.39 is 0 Å². The standard InChI is InChI=1S/C18H12N2O2/c21-10-11-4-5-13-12(8-11)2-1-3-14(13)16-7-6-15-17(20-16)9-19-18(15)22/h1-8,10H,9H2,(H,19,22). The van der Waals surface area contributed by atoms with E-state index in [1.54, 1.807) is 6.07 Å². The molecule has 1 amide bonds. The summed E-state index contributed by atoms with van der Waals surface area (Å²) in [5.74, 6) is -0.0670. The van der Waals surface area contributed by atoms with Crippen molar-refractivity contribution in [2.24, 2.45) is 0 Å². The van der Waals surface area contributed by atoms with Crippen molar-refractivity contribution in [2.75, 3.05) is 0 Å². The Morgan fingerprint density at radius 2 is 1.95 bits per heavy atom. The smallest absolute Gasteiger partial charge is 0.253 e. The predicted octanol–water partition coefficient (Wildman–Crippen LogP) is 2.96. The molecule has 4 nitrogen and oxygen atoms in total. The van der Waals surface area contributed by atoms with Gasteiger partial charge in [0.25, 0.3) is 5.91 Å². The van der Waals surface area contributed by atoms with Gasteiger partial charge < -0.3 is 5.32 Å². The Morgan fingerprint density at radius 3 is 2.82 bits per heavy atom. The molecule has 22 heavy (non-hydrogen) atoms. The van der Waals surface area contributed by atoms with E-state index in [9.17, 15) is 9.59 Å². The lowest BCUT2D eigenvalue weighted by atomic mass is 9.99. The number of benzene rings is 2. The zero-order chi connectivity index (χ0) is 15.1. The van der Waals surface area contributed by atoms with Crippen LogP contribution in [-0.4, -0.2) is 17.2 Å². The molecule has 3 aromatic rings. The maximum Gasteiger partial charge on any atom is 0.253 e. The van der Waals surface area contributed by atoms with Crippen molar-refractivity contribution in [3.8, 4) is 11.3 Å². The SMILES string of the molecule is O=Cc1ccc2c(-c3ccc4c(n3)CNC4=O)cccc2c1. The molecule has 0 atom stereocenters. The van der Waals surface area contributed by atoms with Gasteiger partial charge in [0.2, 0.25) is 0 Å². The van der Waals surface area contributed by atoms with Gasteiger partial charge in [-0.05, 0) is 29.0 Å². The normalized spacial score (nSPS) is 13.0. The monoisotopic (exact) mass is 288 g/mol. The minimum Gasteiger partial charge on any atom is -0.346 e. The van der Waals surface area contributed by atoms with Crippen molar-refractivity contribution < 1.29 is 9.59 Å². The Kier molecular flexibility index (Phi) is 2.76. The van der Waals surface area contributed by atoms with Gasteiger partial charge in [0.1, 0.15) is 6.29 Å². The first-order chi connectivity index (χ1) is 10.8. The molecule has 4 rings (SSSR count). The summed E-state index contributed by atoms with van der Waals surface area (Å²) < 4.78 is 0. The molecule has 1 aromatic heterocycles. The van der Waals surface area contributed by atoms with Crippen LogP contribution in [0, 0.1) is 0 Å². The summed E-state index contributed by atoms with van der Waals surface area (Å²) in [5, 5.41) is 4.81. The molecule has 1 aliphatic rings. The molecule has 0 radical (unpaired) electrons. The minimum atomic E-state index is -0.0670. The lowest BCUT2D eigenvalue weighted by molar-refractivity contribution is 0.0965. The second-order valence-electron chi connectivity index (χ2n) is 5.28. The summed E-state index contributed by atoms with van der Waals surface area (Å²) in [4.78, 5) is 27.1.